The normalized spacial score (nSPS) is 14.3. The molecule has 6 heteroatoms. The molecule has 1 atom stereocenters. The molecule has 2 aromatic rings. The van der Waals surface area contributed by atoms with Gasteiger partial charge in [-0.1, -0.05) is 6.07 Å². The van der Waals surface area contributed by atoms with Crippen molar-refractivity contribution in [2.45, 2.75) is 45.8 Å². The fourth-order valence-corrected chi connectivity index (χ4v) is 3.03. The van der Waals surface area contributed by atoms with Crippen LogP contribution in [-0.2, 0) is 17.7 Å². The Balaban J connectivity index is 1.60. The number of esters is 1. The molecule has 0 spiro atoms. The van der Waals surface area contributed by atoms with Crippen molar-refractivity contribution in [3.63, 3.8) is 0 Å². The maximum Gasteiger partial charge on any atom is 0.359 e. The smallest absolute Gasteiger partial charge is 0.359 e. The highest BCUT2D eigenvalue weighted by Gasteiger charge is 2.25. The molecule has 130 valence electrons. The summed E-state index contributed by atoms with van der Waals surface area (Å²) in [6.07, 6.45) is 2.63. The zero-order valence-electron chi connectivity index (χ0n) is 14.5. The Kier molecular flexibility index (Phi) is 5.03. The molecule has 1 aromatic heterocycles. The maximum absolute atomic E-state index is 12.5. The van der Waals surface area contributed by atoms with Gasteiger partial charge in [0, 0.05) is 6.54 Å². The molecule has 0 unspecified atom stereocenters. The Morgan fingerprint density at radius 3 is 3.08 bits per heavy atom. The molecule has 0 saturated carbocycles. The number of hydrogen-bond donors (Lipinski definition) is 0. The van der Waals surface area contributed by atoms with Gasteiger partial charge in [0.25, 0.3) is 0 Å². The molecule has 1 aliphatic rings. The van der Waals surface area contributed by atoms with Crippen LogP contribution in [0.2, 0.25) is 0 Å². The van der Waals surface area contributed by atoms with E-state index in [4.69, 9.17) is 14.7 Å². The van der Waals surface area contributed by atoms with Crippen LogP contribution >= 0.6 is 0 Å². The largest absolute Gasteiger partial charge is 0.490 e. The lowest BCUT2D eigenvalue weighted by molar-refractivity contribution is 0.0221. The van der Waals surface area contributed by atoms with Gasteiger partial charge in [0.1, 0.15) is 24.3 Å². The Morgan fingerprint density at radius 2 is 2.28 bits per heavy atom. The Bertz CT molecular complexity index is 820. The van der Waals surface area contributed by atoms with Crippen LogP contribution in [0, 0.1) is 18.3 Å². The van der Waals surface area contributed by atoms with Gasteiger partial charge in [0.15, 0.2) is 5.69 Å². The summed E-state index contributed by atoms with van der Waals surface area (Å²) >= 11 is 0. The summed E-state index contributed by atoms with van der Waals surface area (Å²) in [4.78, 5) is 16.9. The highest BCUT2D eigenvalue weighted by Crippen LogP contribution is 2.21. The number of carbonyl (C=O) groups excluding carboxylic acids is 1. The summed E-state index contributed by atoms with van der Waals surface area (Å²) in [5, 5.41) is 8.90. The second kappa shape index (κ2) is 7.39. The summed E-state index contributed by atoms with van der Waals surface area (Å²) in [7, 11) is 0. The standard InChI is InChI=1S/C19H21N3O3/c1-13(12-24-16-7-5-6-15(10-16)11-20)25-19(23)18-17-8-3-4-9-22(17)14(2)21-18/h5-7,10,13H,3-4,8-9,12H2,1-2H3/t13-/m1/s1. The molecule has 1 aliphatic heterocycles. The summed E-state index contributed by atoms with van der Waals surface area (Å²) in [6, 6.07) is 8.95. The molecule has 6 nitrogen and oxygen atoms in total. The zero-order chi connectivity index (χ0) is 17.8. The van der Waals surface area contributed by atoms with Crippen LogP contribution in [-0.4, -0.2) is 28.2 Å². The van der Waals surface area contributed by atoms with Crippen molar-refractivity contribution in [3.05, 3.63) is 47.0 Å². The quantitative estimate of drug-likeness (QED) is 0.783. The van der Waals surface area contributed by atoms with Crippen molar-refractivity contribution < 1.29 is 14.3 Å². The van der Waals surface area contributed by atoms with Crippen LogP contribution in [0.1, 0.15) is 47.3 Å². The molecule has 2 heterocycles. The van der Waals surface area contributed by atoms with E-state index in [9.17, 15) is 4.79 Å². The minimum absolute atomic E-state index is 0.218. The summed E-state index contributed by atoms with van der Waals surface area (Å²) in [5.74, 6) is 1.04. The number of ether oxygens (including phenoxy) is 2. The van der Waals surface area contributed by atoms with Crippen LogP contribution < -0.4 is 4.74 Å². The molecular formula is C19H21N3O3. The maximum atomic E-state index is 12.5. The van der Waals surface area contributed by atoms with Crippen LogP contribution in [0.4, 0.5) is 0 Å². The van der Waals surface area contributed by atoms with Crippen molar-refractivity contribution >= 4 is 5.97 Å². The van der Waals surface area contributed by atoms with Crippen LogP contribution in [0.3, 0.4) is 0 Å². The lowest BCUT2D eigenvalue weighted by Crippen LogP contribution is -2.23. The third-order valence-corrected chi connectivity index (χ3v) is 4.26. The predicted molar refractivity (Wildman–Crippen MR) is 91.4 cm³/mol. The third-order valence-electron chi connectivity index (χ3n) is 4.26. The monoisotopic (exact) mass is 339 g/mol. The van der Waals surface area contributed by atoms with Crippen molar-refractivity contribution in [2.75, 3.05) is 6.61 Å². The highest BCUT2D eigenvalue weighted by molar-refractivity contribution is 5.89. The van der Waals surface area contributed by atoms with E-state index in [0.717, 1.165) is 37.3 Å². The van der Waals surface area contributed by atoms with Gasteiger partial charge in [-0.2, -0.15) is 5.26 Å². The van der Waals surface area contributed by atoms with E-state index < -0.39 is 12.1 Å². The van der Waals surface area contributed by atoms with Gasteiger partial charge < -0.3 is 14.0 Å². The minimum Gasteiger partial charge on any atom is -0.490 e. The summed E-state index contributed by atoms with van der Waals surface area (Å²) < 4.78 is 13.2. The van der Waals surface area contributed by atoms with E-state index in [1.54, 1.807) is 31.2 Å². The van der Waals surface area contributed by atoms with E-state index in [2.05, 4.69) is 15.6 Å². The number of carbonyl (C=O) groups is 1. The van der Waals surface area contributed by atoms with E-state index in [0.29, 0.717) is 17.0 Å². The molecule has 0 radical (unpaired) electrons. The molecule has 0 aliphatic carbocycles. The molecule has 0 fully saturated rings. The Labute approximate surface area is 147 Å². The third kappa shape index (κ3) is 3.82. The summed E-state index contributed by atoms with van der Waals surface area (Å²) in [5.41, 5.74) is 1.93. The SMILES string of the molecule is Cc1nc(C(=O)O[C@H](C)COc2cccc(C#N)c2)c2n1CCCC2. The average Bonchev–Trinajstić information content (AvgIpc) is 2.97. The number of nitriles is 1. The highest BCUT2D eigenvalue weighted by atomic mass is 16.6. The van der Waals surface area contributed by atoms with Crippen molar-refractivity contribution in [1.29, 1.82) is 5.26 Å². The molecular weight excluding hydrogens is 318 g/mol. The van der Waals surface area contributed by atoms with Gasteiger partial charge in [-0.25, -0.2) is 9.78 Å². The van der Waals surface area contributed by atoms with Gasteiger partial charge in [-0.3, -0.25) is 0 Å². The van der Waals surface area contributed by atoms with Gasteiger partial charge in [0.2, 0.25) is 0 Å². The number of hydrogen-bond acceptors (Lipinski definition) is 5. The number of aromatic nitrogens is 2. The second-order valence-corrected chi connectivity index (χ2v) is 6.23. The van der Waals surface area contributed by atoms with Crippen molar-refractivity contribution in [1.82, 2.24) is 9.55 Å². The first-order valence-electron chi connectivity index (χ1n) is 8.48. The van der Waals surface area contributed by atoms with E-state index >= 15 is 0 Å². The molecule has 25 heavy (non-hydrogen) atoms. The lowest BCUT2D eigenvalue weighted by Gasteiger charge is -2.17. The first kappa shape index (κ1) is 17.0. The molecule has 0 N–H and O–H groups in total. The van der Waals surface area contributed by atoms with Crippen LogP contribution in [0.25, 0.3) is 0 Å². The average molecular weight is 339 g/mol. The van der Waals surface area contributed by atoms with Crippen LogP contribution in [0.15, 0.2) is 24.3 Å². The topological polar surface area (TPSA) is 77.1 Å². The Hall–Kier alpha value is -2.81. The number of aryl methyl sites for hydroxylation is 1. The van der Waals surface area contributed by atoms with E-state index in [1.165, 1.54) is 0 Å². The van der Waals surface area contributed by atoms with E-state index in [1.807, 2.05) is 6.92 Å². The number of fused-ring (bicyclic) bond motifs is 1. The fourth-order valence-electron chi connectivity index (χ4n) is 3.03. The fraction of sp³-hybridized carbons (Fsp3) is 0.421. The van der Waals surface area contributed by atoms with Gasteiger partial charge in [-0.05, 0) is 51.3 Å². The predicted octanol–water partition coefficient (Wildman–Crippen LogP) is 3.02. The van der Waals surface area contributed by atoms with E-state index in [-0.39, 0.29) is 6.61 Å². The van der Waals surface area contributed by atoms with Gasteiger partial charge in [0.05, 0.1) is 17.3 Å². The first-order chi connectivity index (χ1) is 12.1. The lowest BCUT2D eigenvalue weighted by atomic mass is 10.1. The van der Waals surface area contributed by atoms with Crippen molar-refractivity contribution in [2.24, 2.45) is 0 Å². The molecule has 0 bridgehead atoms. The minimum atomic E-state index is -0.417. The van der Waals surface area contributed by atoms with Crippen molar-refractivity contribution in [3.8, 4) is 11.8 Å². The summed E-state index contributed by atoms with van der Waals surface area (Å²) in [6.45, 7) is 4.83. The number of benzene rings is 1. The number of imidazole rings is 1. The first-order valence-corrected chi connectivity index (χ1v) is 8.48. The molecule has 0 saturated heterocycles. The molecule has 3 rings (SSSR count). The van der Waals surface area contributed by atoms with Gasteiger partial charge >= 0.3 is 5.97 Å². The van der Waals surface area contributed by atoms with Crippen LogP contribution in [0.5, 0.6) is 5.75 Å². The second-order valence-electron chi connectivity index (χ2n) is 6.23. The Morgan fingerprint density at radius 1 is 1.44 bits per heavy atom. The van der Waals surface area contributed by atoms with Gasteiger partial charge in [-0.15, -0.1) is 0 Å². The number of rotatable bonds is 5. The molecule has 0 amide bonds. The zero-order valence-corrected chi connectivity index (χ0v) is 14.5. The number of nitrogens with zero attached hydrogens (tertiary/aromatic N) is 3. The molecule has 1 aromatic carbocycles.